The van der Waals surface area contributed by atoms with Crippen molar-refractivity contribution in [2.75, 3.05) is 19.8 Å². The van der Waals surface area contributed by atoms with Crippen molar-refractivity contribution in [3.63, 3.8) is 0 Å². The van der Waals surface area contributed by atoms with Gasteiger partial charge in [-0.25, -0.2) is 4.79 Å². The van der Waals surface area contributed by atoms with E-state index in [1.807, 2.05) is 6.92 Å². The van der Waals surface area contributed by atoms with Crippen molar-refractivity contribution in [3.8, 4) is 5.75 Å². The molecule has 7 nitrogen and oxygen atoms in total. The van der Waals surface area contributed by atoms with E-state index in [0.29, 0.717) is 12.3 Å². The minimum atomic E-state index is -0.693. The van der Waals surface area contributed by atoms with Crippen LogP contribution in [0.25, 0.3) is 0 Å². The van der Waals surface area contributed by atoms with E-state index in [-0.39, 0.29) is 12.5 Å². The minimum absolute atomic E-state index is 0.282. The smallest absolute Gasteiger partial charge is 0.344 e. The maximum Gasteiger partial charge on any atom is 0.344 e. The number of amides is 2. The summed E-state index contributed by atoms with van der Waals surface area (Å²) in [6.45, 7) is 3.26. The van der Waals surface area contributed by atoms with Crippen molar-refractivity contribution in [1.82, 2.24) is 10.6 Å². The van der Waals surface area contributed by atoms with E-state index in [9.17, 15) is 14.4 Å². The predicted molar refractivity (Wildman–Crippen MR) is 91.5 cm³/mol. The quantitative estimate of drug-likeness (QED) is 0.611. The number of hydrogen-bond acceptors (Lipinski definition) is 5. The number of hydrogen-bond donors (Lipinski definition) is 2. The van der Waals surface area contributed by atoms with Gasteiger partial charge in [-0.15, -0.1) is 0 Å². The van der Waals surface area contributed by atoms with Gasteiger partial charge >= 0.3 is 5.97 Å². The lowest BCUT2D eigenvalue weighted by Gasteiger charge is -2.14. The van der Waals surface area contributed by atoms with Crippen molar-refractivity contribution in [2.45, 2.75) is 26.3 Å². The second kappa shape index (κ2) is 10.6. The van der Waals surface area contributed by atoms with Gasteiger partial charge in [-0.1, -0.05) is 22.9 Å². The molecule has 0 saturated carbocycles. The van der Waals surface area contributed by atoms with Crippen LogP contribution in [0.2, 0.25) is 0 Å². The number of carbonyl (C=O) groups excluding carboxylic acids is 3. The molecule has 1 aromatic rings. The average Bonchev–Trinajstić information content (AvgIpc) is 2.57. The summed E-state index contributed by atoms with van der Waals surface area (Å²) in [5, 5.41) is 5.11. The summed E-state index contributed by atoms with van der Waals surface area (Å²) in [5.74, 6) is -0.988. The van der Waals surface area contributed by atoms with Crippen LogP contribution < -0.4 is 15.4 Å². The fourth-order valence-corrected chi connectivity index (χ4v) is 1.88. The number of benzene rings is 1. The second-order valence-electron chi connectivity index (χ2n) is 4.98. The van der Waals surface area contributed by atoms with Gasteiger partial charge in [0.25, 0.3) is 5.91 Å². The molecule has 132 valence electrons. The molecule has 0 bridgehead atoms. The number of ether oxygens (including phenoxy) is 2. The standard InChI is InChI=1S/C16H21BrN2O5/c1-3-8-18-16(22)11(2)19-14(20)9-24-15(21)10-23-13-6-4-12(17)5-7-13/h4-7,11H,3,8-10H2,1-2H3,(H,18,22)(H,19,20)/t11-/m0/s1. The lowest BCUT2D eigenvalue weighted by Crippen LogP contribution is -2.46. The SMILES string of the molecule is CCCNC(=O)[C@H](C)NC(=O)COC(=O)COc1ccc(Br)cc1. The van der Waals surface area contributed by atoms with E-state index in [1.54, 1.807) is 31.2 Å². The van der Waals surface area contributed by atoms with Gasteiger partial charge in [0.05, 0.1) is 0 Å². The number of rotatable bonds is 9. The number of halogens is 1. The van der Waals surface area contributed by atoms with Crippen LogP contribution in [0.15, 0.2) is 28.7 Å². The van der Waals surface area contributed by atoms with Gasteiger partial charge in [0.1, 0.15) is 11.8 Å². The Morgan fingerprint density at radius 1 is 1.17 bits per heavy atom. The first kappa shape index (κ1) is 20.0. The zero-order chi connectivity index (χ0) is 17.9. The van der Waals surface area contributed by atoms with Crippen LogP contribution in [0.4, 0.5) is 0 Å². The number of esters is 1. The van der Waals surface area contributed by atoms with Crippen molar-refractivity contribution < 1.29 is 23.9 Å². The lowest BCUT2D eigenvalue weighted by atomic mass is 10.3. The molecule has 0 unspecified atom stereocenters. The highest BCUT2D eigenvalue weighted by Crippen LogP contribution is 2.15. The fourth-order valence-electron chi connectivity index (χ4n) is 1.61. The summed E-state index contributed by atoms with van der Waals surface area (Å²) in [6.07, 6.45) is 0.808. The van der Waals surface area contributed by atoms with Crippen LogP contribution >= 0.6 is 15.9 Å². The molecule has 0 heterocycles. The Labute approximate surface area is 149 Å². The van der Waals surface area contributed by atoms with Crippen LogP contribution in [-0.4, -0.2) is 43.6 Å². The molecule has 0 saturated heterocycles. The third-order valence-corrected chi connectivity index (χ3v) is 3.38. The highest BCUT2D eigenvalue weighted by molar-refractivity contribution is 9.10. The van der Waals surface area contributed by atoms with Gasteiger partial charge in [0.15, 0.2) is 13.2 Å². The highest BCUT2D eigenvalue weighted by Gasteiger charge is 2.16. The zero-order valence-electron chi connectivity index (χ0n) is 13.6. The number of nitrogens with one attached hydrogen (secondary N) is 2. The van der Waals surface area contributed by atoms with Crippen molar-refractivity contribution >= 4 is 33.7 Å². The van der Waals surface area contributed by atoms with Gasteiger partial charge < -0.3 is 20.1 Å². The normalized spacial score (nSPS) is 11.3. The summed E-state index contributed by atoms with van der Waals surface area (Å²) in [7, 11) is 0. The first-order valence-corrected chi connectivity index (χ1v) is 8.32. The van der Waals surface area contributed by atoms with Crippen LogP contribution in [0.3, 0.4) is 0 Å². The molecule has 8 heteroatoms. The molecule has 2 N–H and O–H groups in total. The van der Waals surface area contributed by atoms with Gasteiger partial charge in [-0.3, -0.25) is 9.59 Å². The summed E-state index contributed by atoms with van der Waals surface area (Å²) >= 11 is 3.29. The topological polar surface area (TPSA) is 93.7 Å². The molecule has 0 aliphatic heterocycles. The first-order chi connectivity index (χ1) is 11.4. The maximum atomic E-state index is 11.6. The molecule has 0 radical (unpaired) electrons. The second-order valence-corrected chi connectivity index (χ2v) is 5.90. The van der Waals surface area contributed by atoms with Crippen LogP contribution in [0, 0.1) is 0 Å². The summed E-state index contributed by atoms with van der Waals surface area (Å²) < 4.78 is 10.9. The van der Waals surface area contributed by atoms with E-state index < -0.39 is 24.5 Å². The third kappa shape index (κ3) is 7.96. The Morgan fingerprint density at radius 2 is 1.83 bits per heavy atom. The molecule has 1 rings (SSSR count). The highest BCUT2D eigenvalue weighted by atomic mass is 79.9. The predicted octanol–water partition coefficient (Wildman–Crippen LogP) is 1.40. The van der Waals surface area contributed by atoms with E-state index in [2.05, 4.69) is 26.6 Å². The Morgan fingerprint density at radius 3 is 2.46 bits per heavy atom. The molecule has 0 spiro atoms. The molecule has 2 amide bonds. The molecule has 24 heavy (non-hydrogen) atoms. The van der Waals surface area contributed by atoms with Crippen LogP contribution in [0.5, 0.6) is 5.75 Å². The van der Waals surface area contributed by atoms with E-state index in [0.717, 1.165) is 10.9 Å². The molecule has 0 aliphatic carbocycles. The van der Waals surface area contributed by atoms with Gasteiger partial charge in [0.2, 0.25) is 5.91 Å². The number of carbonyl (C=O) groups is 3. The maximum absolute atomic E-state index is 11.6. The summed E-state index contributed by atoms with van der Waals surface area (Å²) in [5.41, 5.74) is 0. The van der Waals surface area contributed by atoms with E-state index in [1.165, 1.54) is 0 Å². The molecule has 0 aliphatic rings. The van der Waals surface area contributed by atoms with Gasteiger partial charge in [-0.05, 0) is 37.6 Å². The van der Waals surface area contributed by atoms with E-state index >= 15 is 0 Å². The Bertz CT molecular complexity index is 562. The van der Waals surface area contributed by atoms with Gasteiger partial charge in [0, 0.05) is 11.0 Å². The molecule has 0 aromatic heterocycles. The van der Waals surface area contributed by atoms with Gasteiger partial charge in [-0.2, -0.15) is 0 Å². The van der Waals surface area contributed by atoms with Crippen LogP contribution in [0.1, 0.15) is 20.3 Å². The van der Waals surface area contributed by atoms with Crippen molar-refractivity contribution in [3.05, 3.63) is 28.7 Å². The van der Waals surface area contributed by atoms with E-state index in [4.69, 9.17) is 9.47 Å². The molecule has 1 aromatic carbocycles. The Balaban J connectivity index is 2.24. The van der Waals surface area contributed by atoms with Crippen molar-refractivity contribution in [2.24, 2.45) is 0 Å². The minimum Gasteiger partial charge on any atom is -0.482 e. The van der Waals surface area contributed by atoms with Crippen molar-refractivity contribution in [1.29, 1.82) is 0 Å². The molecule has 0 fully saturated rings. The lowest BCUT2D eigenvalue weighted by molar-refractivity contribution is -0.150. The fraction of sp³-hybridized carbons (Fsp3) is 0.438. The molecular weight excluding hydrogens is 380 g/mol. The molecule has 1 atom stereocenters. The Hall–Kier alpha value is -2.09. The summed E-state index contributed by atoms with van der Waals surface area (Å²) in [4.78, 5) is 34.8. The first-order valence-electron chi connectivity index (χ1n) is 7.53. The monoisotopic (exact) mass is 400 g/mol. The largest absolute Gasteiger partial charge is 0.482 e. The summed E-state index contributed by atoms with van der Waals surface area (Å²) in [6, 6.07) is 6.25. The zero-order valence-corrected chi connectivity index (χ0v) is 15.2. The molecular formula is C16H21BrN2O5. The third-order valence-electron chi connectivity index (χ3n) is 2.85. The van der Waals surface area contributed by atoms with Crippen LogP contribution in [-0.2, 0) is 19.1 Å². The average molecular weight is 401 g/mol. The Kier molecular flexibility index (Phi) is 8.85.